The van der Waals surface area contributed by atoms with Gasteiger partial charge < -0.3 is 4.74 Å². The summed E-state index contributed by atoms with van der Waals surface area (Å²) >= 11 is 0. The fourth-order valence-corrected chi connectivity index (χ4v) is 6.84. The van der Waals surface area contributed by atoms with Crippen LogP contribution in [0.2, 0.25) is 0 Å². The van der Waals surface area contributed by atoms with Gasteiger partial charge in [0.2, 0.25) is 0 Å². The van der Waals surface area contributed by atoms with Crippen LogP contribution in [0.15, 0.2) is 158 Å². The van der Waals surface area contributed by atoms with E-state index >= 15 is 0 Å². The maximum Gasteiger partial charge on any atom is 0.182 e. The lowest BCUT2D eigenvalue weighted by atomic mass is 9.86. The third kappa shape index (κ3) is 4.79. The number of para-hydroxylation sites is 1. The molecule has 2 atom stereocenters. The summed E-state index contributed by atoms with van der Waals surface area (Å²) in [5, 5.41) is 14.2. The maximum atomic E-state index is 9.23. The lowest BCUT2D eigenvalue weighted by Gasteiger charge is -2.19. The largest absolute Gasteiger partial charge is 0.484 e. The normalized spacial score (nSPS) is 16.1. The zero-order valence-corrected chi connectivity index (χ0v) is 25.9. The molecule has 0 N–H and O–H groups in total. The quantitative estimate of drug-likeness (QED) is 0.193. The Bertz CT molecular complexity index is 2430. The van der Waals surface area contributed by atoms with Crippen molar-refractivity contribution in [2.75, 3.05) is 0 Å². The first-order chi connectivity index (χ1) is 23.7. The number of benzene rings is 5. The molecule has 1 aliphatic heterocycles. The Hall–Kier alpha value is -6.51. The van der Waals surface area contributed by atoms with Crippen molar-refractivity contribution in [1.29, 1.82) is 5.26 Å². The second-order valence-electron chi connectivity index (χ2n) is 12.2. The summed E-state index contributed by atoms with van der Waals surface area (Å²) in [4.78, 5) is 5.09. The molecule has 2 aromatic heterocycles. The predicted octanol–water partition coefficient (Wildman–Crippen LogP) is 9.77. The molecule has 3 heterocycles. The Kier molecular flexibility index (Phi) is 6.58. The second-order valence-corrected chi connectivity index (χ2v) is 12.2. The average molecular weight is 617 g/mol. The van der Waals surface area contributed by atoms with Crippen molar-refractivity contribution in [3.05, 3.63) is 175 Å². The highest BCUT2D eigenvalue weighted by Crippen LogP contribution is 2.48. The first-order valence-corrected chi connectivity index (χ1v) is 16.0. The summed E-state index contributed by atoms with van der Waals surface area (Å²) in [6.07, 6.45) is 8.63. The number of ether oxygens (including phenoxy) is 1. The Morgan fingerprint density at radius 1 is 0.646 bits per heavy atom. The van der Waals surface area contributed by atoms with Crippen LogP contribution in [0.4, 0.5) is 0 Å². The van der Waals surface area contributed by atoms with Crippen molar-refractivity contribution < 1.29 is 4.74 Å². The standard InChI is InChI=1S/C43H28N4O/c44-26-28-17-19-31(20-18-28)36-15-8-16-37-39-24-33(21-22-40(39)48-41(36)37)32-13-7-14-34(23-32)42-45-43-38(30-11-5-2-6-12-30)25-35(27-47(43)46-42)29-9-3-1-4-10-29/h1-25,27,39-40H. The van der Waals surface area contributed by atoms with Gasteiger partial charge >= 0.3 is 0 Å². The highest BCUT2D eigenvalue weighted by Gasteiger charge is 2.35. The van der Waals surface area contributed by atoms with E-state index < -0.39 is 0 Å². The fraction of sp³-hybridized carbons (Fsp3) is 0.0465. The van der Waals surface area contributed by atoms with Crippen LogP contribution in [-0.4, -0.2) is 20.7 Å². The molecular weight excluding hydrogens is 589 g/mol. The van der Waals surface area contributed by atoms with Crippen molar-refractivity contribution in [2.24, 2.45) is 0 Å². The van der Waals surface area contributed by atoms with Gasteiger partial charge in [0.1, 0.15) is 11.9 Å². The topological polar surface area (TPSA) is 63.2 Å². The minimum Gasteiger partial charge on any atom is -0.484 e. The smallest absolute Gasteiger partial charge is 0.182 e. The number of hydrogen-bond donors (Lipinski definition) is 0. The van der Waals surface area contributed by atoms with Crippen LogP contribution >= 0.6 is 0 Å². The number of fused-ring (bicyclic) bond motifs is 4. The number of nitriles is 1. The van der Waals surface area contributed by atoms with Crippen LogP contribution in [0, 0.1) is 11.3 Å². The minimum atomic E-state index is -0.0678. The number of nitrogens with zero attached hydrogens (tertiary/aromatic N) is 4. The number of rotatable bonds is 5. The first-order valence-electron chi connectivity index (χ1n) is 16.0. The van der Waals surface area contributed by atoms with Gasteiger partial charge in [0.25, 0.3) is 0 Å². The molecule has 5 aromatic carbocycles. The van der Waals surface area contributed by atoms with Gasteiger partial charge in [0.15, 0.2) is 11.5 Å². The van der Waals surface area contributed by atoms with Gasteiger partial charge in [0.05, 0.1) is 11.6 Å². The Labute approximate surface area is 278 Å². The van der Waals surface area contributed by atoms with Crippen LogP contribution in [0.5, 0.6) is 5.75 Å². The highest BCUT2D eigenvalue weighted by atomic mass is 16.5. The van der Waals surface area contributed by atoms with E-state index in [1.165, 1.54) is 5.56 Å². The Morgan fingerprint density at radius 3 is 2.15 bits per heavy atom. The van der Waals surface area contributed by atoms with Gasteiger partial charge in [-0.2, -0.15) is 5.26 Å². The third-order valence-electron chi connectivity index (χ3n) is 9.24. The highest BCUT2D eigenvalue weighted by molar-refractivity contribution is 5.84. The van der Waals surface area contributed by atoms with Gasteiger partial charge in [-0.3, -0.25) is 0 Å². The molecule has 0 amide bonds. The molecule has 0 saturated heterocycles. The molecule has 2 unspecified atom stereocenters. The summed E-state index contributed by atoms with van der Waals surface area (Å²) in [5.41, 5.74) is 12.3. The van der Waals surface area contributed by atoms with Gasteiger partial charge in [-0.1, -0.05) is 121 Å². The molecule has 7 aromatic rings. The van der Waals surface area contributed by atoms with E-state index in [4.69, 9.17) is 14.8 Å². The first kappa shape index (κ1) is 27.8. The van der Waals surface area contributed by atoms with Crippen LogP contribution < -0.4 is 4.74 Å². The molecule has 5 heteroatoms. The molecule has 2 aliphatic rings. The maximum absolute atomic E-state index is 9.23. The molecule has 0 fully saturated rings. The van der Waals surface area contributed by atoms with Crippen LogP contribution in [-0.2, 0) is 0 Å². The van der Waals surface area contributed by atoms with Gasteiger partial charge in [-0.25, -0.2) is 9.50 Å². The van der Waals surface area contributed by atoms with Crippen molar-refractivity contribution in [2.45, 2.75) is 12.0 Å². The Morgan fingerprint density at radius 2 is 1.35 bits per heavy atom. The molecule has 0 spiro atoms. The van der Waals surface area contributed by atoms with Crippen molar-refractivity contribution >= 4 is 11.2 Å². The number of allylic oxidation sites excluding steroid dienone is 2. The van der Waals surface area contributed by atoms with E-state index in [2.05, 4.69) is 128 Å². The number of pyridine rings is 1. The van der Waals surface area contributed by atoms with Gasteiger partial charge in [-0.15, -0.1) is 5.10 Å². The third-order valence-corrected chi connectivity index (χ3v) is 9.24. The zero-order chi connectivity index (χ0) is 32.0. The monoisotopic (exact) mass is 616 g/mol. The van der Waals surface area contributed by atoms with E-state index in [0.29, 0.717) is 11.4 Å². The summed E-state index contributed by atoms with van der Waals surface area (Å²) in [6.45, 7) is 0. The molecule has 0 bridgehead atoms. The van der Waals surface area contributed by atoms with E-state index in [1.807, 2.05) is 40.9 Å². The summed E-state index contributed by atoms with van der Waals surface area (Å²) in [7, 11) is 0. The average Bonchev–Trinajstić information content (AvgIpc) is 3.77. The summed E-state index contributed by atoms with van der Waals surface area (Å²) in [6, 6.07) is 47.6. The zero-order valence-electron chi connectivity index (χ0n) is 25.9. The van der Waals surface area contributed by atoms with Crippen LogP contribution in [0.3, 0.4) is 0 Å². The second kappa shape index (κ2) is 11.4. The molecule has 9 rings (SSSR count). The van der Waals surface area contributed by atoms with E-state index in [9.17, 15) is 5.26 Å². The van der Waals surface area contributed by atoms with Crippen molar-refractivity contribution in [3.8, 4) is 56.6 Å². The molecule has 226 valence electrons. The van der Waals surface area contributed by atoms with E-state index in [-0.39, 0.29) is 12.0 Å². The van der Waals surface area contributed by atoms with Crippen molar-refractivity contribution in [1.82, 2.24) is 14.6 Å². The summed E-state index contributed by atoms with van der Waals surface area (Å²) < 4.78 is 8.45. The lowest BCUT2D eigenvalue weighted by Crippen LogP contribution is -2.17. The SMILES string of the molecule is N#Cc1ccc(-c2cccc3c2OC2C=CC(c4cccc(-c5nc6c(-c7ccccc7)cc(-c7ccccc7)cn6n5)c4)=CC32)cc1. The number of aromatic nitrogens is 3. The minimum absolute atomic E-state index is 0.0678. The van der Waals surface area contributed by atoms with Crippen LogP contribution in [0.25, 0.3) is 56.0 Å². The molecule has 5 nitrogen and oxygen atoms in total. The Balaban J connectivity index is 1.08. The van der Waals surface area contributed by atoms with Crippen molar-refractivity contribution in [3.63, 3.8) is 0 Å². The van der Waals surface area contributed by atoms with E-state index in [0.717, 1.165) is 61.5 Å². The molecular formula is C43H28N4O. The number of hydrogen-bond acceptors (Lipinski definition) is 4. The molecule has 1 aliphatic carbocycles. The molecule has 48 heavy (non-hydrogen) atoms. The predicted molar refractivity (Wildman–Crippen MR) is 190 cm³/mol. The fourth-order valence-electron chi connectivity index (χ4n) is 6.84. The molecule has 0 radical (unpaired) electrons. The lowest BCUT2D eigenvalue weighted by molar-refractivity contribution is 0.270. The molecule has 0 saturated carbocycles. The van der Waals surface area contributed by atoms with Gasteiger partial charge in [-0.05, 0) is 58.2 Å². The summed E-state index contributed by atoms with van der Waals surface area (Å²) in [5.74, 6) is 1.69. The van der Waals surface area contributed by atoms with Gasteiger partial charge in [0, 0.05) is 39.9 Å². The van der Waals surface area contributed by atoms with E-state index in [1.54, 1.807) is 0 Å². The van der Waals surface area contributed by atoms with Crippen LogP contribution in [0.1, 0.15) is 22.6 Å².